The summed E-state index contributed by atoms with van der Waals surface area (Å²) >= 11 is 0. The number of rotatable bonds is 3. The van der Waals surface area contributed by atoms with Crippen molar-refractivity contribution in [2.75, 3.05) is 13.1 Å². The highest BCUT2D eigenvalue weighted by Gasteiger charge is 2.15. The molecule has 1 aromatic rings. The van der Waals surface area contributed by atoms with Crippen LogP contribution in [0, 0.1) is 0 Å². The summed E-state index contributed by atoms with van der Waals surface area (Å²) in [7, 11) is 0. The first-order valence-electron chi connectivity index (χ1n) is 4.79. The fraction of sp³-hybridized carbons (Fsp3) is 0.500. The van der Waals surface area contributed by atoms with Gasteiger partial charge in [-0.05, 0) is 32.0 Å². The molecule has 1 saturated heterocycles. The van der Waals surface area contributed by atoms with Crippen molar-refractivity contribution in [3.63, 3.8) is 0 Å². The molecule has 1 aliphatic rings. The summed E-state index contributed by atoms with van der Waals surface area (Å²) in [5.41, 5.74) is 0.235. The van der Waals surface area contributed by atoms with E-state index >= 15 is 0 Å². The molecule has 4 nitrogen and oxygen atoms in total. The lowest BCUT2D eigenvalue weighted by atomic mass is 10.3. The van der Waals surface area contributed by atoms with Gasteiger partial charge >= 0.3 is 5.97 Å². The lowest BCUT2D eigenvalue weighted by Gasteiger charge is -2.11. The molecule has 1 N–H and O–H groups in total. The summed E-state index contributed by atoms with van der Waals surface area (Å²) < 4.78 is 5.17. The van der Waals surface area contributed by atoms with Crippen molar-refractivity contribution in [3.8, 4) is 0 Å². The quantitative estimate of drug-likeness (QED) is 0.795. The van der Waals surface area contributed by atoms with Gasteiger partial charge in [0.15, 0.2) is 0 Å². The third-order valence-electron chi connectivity index (χ3n) is 2.48. The molecule has 14 heavy (non-hydrogen) atoms. The Hall–Kier alpha value is -1.29. The summed E-state index contributed by atoms with van der Waals surface area (Å²) in [5, 5.41) is 8.69. The zero-order chi connectivity index (χ0) is 9.97. The summed E-state index contributed by atoms with van der Waals surface area (Å²) in [4.78, 5) is 12.8. The van der Waals surface area contributed by atoms with Crippen molar-refractivity contribution in [2.45, 2.75) is 19.4 Å². The van der Waals surface area contributed by atoms with E-state index < -0.39 is 5.97 Å². The molecule has 0 bridgehead atoms. The van der Waals surface area contributed by atoms with Gasteiger partial charge in [-0.1, -0.05) is 0 Å². The first kappa shape index (κ1) is 9.27. The smallest absolute Gasteiger partial charge is 0.338 e. The molecule has 0 radical (unpaired) electrons. The highest BCUT2D eigenvalue weighted by atomic mass is 16.4. The van der Waals surface area contributed by atoms with Crippen LogP contribution in [0.15, 0.2) is 16.7 Å². The Morgan fingerprint density at radius 3 is 2.79 bits per heavy atom. The Kier molecular flexibility index (Phi) is 2.54. The van der Waals surface area contributed by atoms with Gasteiger partial charge in [-0.3, -0.25) is 4.90 Å². The van der Waals surface area contributed by atoms with Gasteiger partial charge in [-0.2, -0.15) is 0 Å². The Morgan fingerprint density at radius 2 is 2.21 bits per heavy atom. The molecule has 2 heterocycles. The van der Waals surface area contributed by atoms with Crippen LogP contribution < -0.4 is 0 Å². The van der Waals surface area contributed by atoms with Gasteiger partial charge in [-0.25, -0.2) is 4.79 Å². The predicted octanol–water partition coefficient (Wildman–Crippen LogP) is 1.57. The molecule has 0 spiro atoms. The van der Waals surface area contributed by atoms with Gasteiger partial charge in [0.1, 0.15) is 12.0 Å². The maximum absolute atomic E-state index is 10.6. The Bertz CT molecular complexity index is 326. The van der Waals surface area contributed by atoms with E-state index in [0.717, 1.165) is 25.4 Å². The van der Waals surface area contributed by atoms with Crippen LogP contribution in [0.25, 0.3) is 0 Å². The Labute approximate surface area is 82.1 Å². The largest absolute Gasteiger partial charge is 0.478 e. The van der Waals surface area contributed by atoms with E-state index in [1.165, 1.54) is 19.1 Å². The molecule has 1 aliphatic heterocycles. The molecule has 4 heteroatoms. The summed E-state index contributed by atoms with van der Waals surface area (Å²) in [6.07, 6.45) is 3.76. The lowest BCUT2D eigenvalue weighted by Crippen LogP contribution is -2.17. The fourth-order valence-electron chi connectivity index (χ4n) is 1.74. The van der Waals surface area contributed by atoms with E-state index in [4.69, 9.17) is 9.52 Å². The van der Waals surface area contributed by atoms with Crippen molar-refractivity contribution < 1.29 is 14.3 Å². The minimum absolute atomic E-state index is 0.235. The van der Waals surface area contributed by atoms with Crippen LogP contribution in [0.1, 0.15) is 29.0 Å². The van der Waals surface area contributed by atoms with E-state index in [0.29, 0.717) is 0 Å². The van der Waals surface area contributed by atoms with E-state index in [1.54, 1.807) is 6.07 Å². The van der Waals surface area contributed by atoms with Crippen LogP contribution in [0.4, 0.5) is 0 Å². The van der Waals surface area contributed by atoms with E-state index in [9.17, 15) is 4.79 Å². The number of carboxylic acids is 1. The van der Waals surface area contributed by atoms with Crippen LogP contribution in [0.2, 0.25) is 0 Å². The normalized spacial score (nSPS) is 17.4. The van der Waals surface area contributed by atoms with Gasteiger partial charge in [0.25, 0.3) is 0 Å². The number of hydrogen-bond donors (Lipinski definition) is 1. The second kappa shape index (κ2) is 3.84. The first-order chi connectivity index (χ1) is 6.75. The molecule has 0 unspecified atom stereocenters. The van der Waals surface area contributed by atoms with Crippen molar-refractivity contribution in [1.82, 2.24) is 4.90 Å². The molecular weight excluding hydrogens is 182 g/mol. The average molecular weight is 195 g/mol. The molecule has 1 fully saturated rings. The number of nitrogens with zero attached hydrogens (tertiary/aromatic N) is 1. The number of likely N-dealkylation sites (tertiary alicyclic amines) is 1. The van der Waals surface area contributed by atoms with Gasteiger partial charge in [0, 0.05) is 0 Å². The zero-order valence-electron chi connectivity index (χ0n) is 7.90. The zero-order valence-corrected chi connectivity index (χ0v) is 7.90. The standard InChI is InChI=1S/C10H13NO3/c12-10(13)8-5-9(14-7-8)6-11-3-1-2-4-11/h5,7H,1-4,6H2,(H,12,13). The fourth-order valence-corrected chi connectivity index (χ4v) is 1.74. The van der Waals surface area contributed by atoms with Crippen molar-refractivity contribution in [3.05, 3.63) is 23.7 Å². The molecule has 76 valence electrons. The maximum atomic E-state index is 10.6. The molecule has 0 atom stereocenters. The summed E-state index contributed by atoms with van der Waals surface area (Å²) in [6, 6.07) is 1.60. The van der Waals surface area contributed by atoms with E-state index in [2.05, 4.69) is 4.90 Å². The van der Waals surface area contributed by atoms with Crippen molar-refractivity contribution in [1.29, 1.82) is 0 Å². The third-order valence-corrected chi connectivity index (χ3v) is 2.48. The van der Waals surface area contributed by atoms with Crippen LogP contribution in [-0.2, 0) is 6.54 Å². The highest BCUT2D eigenvalue weighted by molar-refractivity contribution is 5.87. The lowest BCUT2D eigenvalue weighted by molar-refractivity contribution is 0.0696. The summed E-state index contributed by atoms with van der Waals surface area (Å²) in [6.45, 7) is 2.90. The number of furan rings is 1. The number of carboxylic acid groups (broad SMARTS) is 1. The minimum atomic E-state index is -0.929. The van der Waals surface area contributed by atoms with Crippen LogP contribution in [0.3, 0.4) is 0 Å². The minimum Gasteiger partial charge on any atom is -0.478 e. The predicted molar refractivity (Wildman–Crippen MR) is 50.2 cm³/mol. The highest BCUT2D eigenvalue weighted by Crippen LogP contribution is 2.14. The summed E-state index contributed by atoms with van der Waals surface area (Å²) in [5.74, 6) is -0.189. The average Bonchev–Trinajstić information content (AvgIpc) is 2.75. The second-order valence-electron chi connectivity index (χ2n) is 3.59. The van der Waals surface area contributed by atoms with Crippen molar-refractivity contribution >= 4 is 5.97 Å². The number of aromatic carboxylic acids is 1. The molecule has 0 aromatic carbocycles. The Morgan fingerprint density at radius 1 is 1.50 bits per heavy atom. The van der Waals surface area contributed by atoms with Gasteiger partial charge in [-0.15, -0.1) is 0 Å². The van der Waals surface area contributed by atoms with Crippen LogP contribution in [0.5, 0.6) is 0 Å². The molecule has 0 amide bonds. The Balaban J connectivity index is 1.98. The van der Waals surface area contributed by atoms with Crippen molar-refractivity contribution in [2.24, 2.45) is 0 Å². The third kappa shape index (κ3) is 1.96. The molecule has 0 saturated carbocycles. The van der Waals surface area contributed by atoms with Gasteiger partial charge in [0.05, 0.1) is 12.1 Å². The van der Waals surface area contributed by atoms with E-state index in [-0.39, 0.29) is 5.56 Å². The van der Waals surface area contributed by atoms with Crippen LogP contribution >= 0.6 is 0 Å². The first-order valence-corrected chi connectivity index (χ1v) is 4.79. The van der Waals surface area contributed by atoms with E-state index in [1.807, 2.05) is 0 Å². The van der Waals surface area contributed by atoms with Gasteiger partial charge < -0.3 is 9.52 Å². The second-order valence-corrected chi connectivity index (χ2v) is 3.59. The SMILES string of the molecule is O=C(O)c1coc(CN2CCCC2)c1. The molecule has 1 aromatic heterocycles. The topological polar surface area (TPSA) is 53.7 Å². The molecule has 0 aliphatic carbocycles. The molecular formula is C10H13NO3. The number of carbonyl (C=O) groups is 1. The maximum Gasteiger partial charge on any atom is 0.338 e. The van der Waals surface area contributed by atoms with Crippen LogP contribution in [-0.4, -0.2) is 29.1 Å². The van der Waals surface area contributed by atoms with Gasteiger partial charge in [0.2, 0.25) is 0 Å². The molecule has 2 rings (SSSR count). The number of hydrogen-bond acceptors (Lipinski definition) is 3. The monoisotopic (exact) mass is 195 g/mol.